The number of amides is 2. The van der Waals surface area contributed by atoms with Crippen molar-refractivity contribution < 1.29 is 18.0 Å². The number of carbonyl (C=O) groups excluding carboxylic acids is 2. The van der Waals surface area contributed by atoms with Gasteiger partial charge in [-0.1, -0.05) is 33.8 Å². The number of rotatable bonds is 8. The summed E-state index contributed by atoms with van der Waals surface area (Å²) in [5.74, 6) is -0.344. The first-order chi connectivity index (χ1) is 13.1. The summed E-state index contributed by atoms with van der Waals surface area (Å²) in [6, 6.07) is 4.89. The number of nitrogens with zero attached hydrogens (tertiary/aromatic N) is 2. The second kappa shape index (κ2) is 9.05. The maximum Gasteiger partial charge on any atom is 0.243 e. The molecular formula is C20H31N3O4S. The lowest BCUT2D eigenvalue weighted by Crippen LogP contribution is -2.31. The molecule has 7 nitrogen and oxygen atoms in total. The zero-order valence-corrected chi connectivity index (χ0v) is 18.2. The van der Waals surface area contributed by atoms with Gasteiger partial charge in [0.1, 0.15) is 0 Å². The number of sulfonamides is 1. The number of nitrogens with one attached hydrogen (secondary N) is 1. The number of aryl methyl sites for hydroxylation is 1. The Kier molecular flexibility index (Phi) is 7.22. The van der Waals surface area contributed by atoms with E-state index in [0.29, 0.717) is 43.3 Å². The highest BCUT2D eigenvalue weighted by Crippen LogP contribution is 2.25. The van der Waals surface area contributed by atoms with Crippen molar-refractivity contribution in [2.75, 3.05) is 31.5 Å². The molecule has 2 amide bonds. The summed E-state index contributed by atoms with van der Waals surface area (Å²) in [5.41, 5.74) is 1.06. The van der Waals surface area contributed by atoms with Gasteiger partial charge in [0, 0.05) is 38.3 Å². The molecule has 2 rings (SSSR count). The highest BCUT2D eigenvalue weighted by Gasteiger charge is 2.34. The summed E-state index contributed by atoms with van der Waals surface area (Å²) in [7, 11) is -3.62. The number of likely N-dealkylation sites (tertiary alicyclic amines) is 1. The number of benzene rings is 1. The highest BCUT2D eigenvalue weighted by atomic mass is 32.2. The van der Waals surface area contributed by atoms with E-state index in [-0.39, 0.29) is 23.1 Å². The maximum absolute atomic E-state index is 12.9. The van der Waals surface area contributed by atoms with Crippen LogP contribution in [0.4, 0.5) is 5.69 Å². The van der Waals surface area contributed by atoms with Crippen LogP contribution in [0, 0.1) is 18.8 Å². The van der Waals surface area contributed by atoms with Gasteiger partial charge in [0.05, 0.1) is 10.8 Å². The number of anilines is 1. The average molecular weight is 410 g/mol. The van der Waals surface area contributed by atoms with Gasteiger partial charge >= 0.3 is 0 Å². The molecule has 28 heavy (non-hydrogen) atoms. The van der Waals surface area contributed by atoms with Gasteiger partial charge in [0.15, 0.2) is 0 Å². The Balaban J connectivity index is 2.17. The molecule has 1 fully saturated rings. The van der Waals surface area contributed by atoms with Crippen molar-refractivity contribution >= 4 is 27.5 Å². The van der Waals surface area contributed by atoms with Crippen molar-refractivity contribution in [3.63, 3.8) is 0 Å². The van der Waals surface area contributed by atoms with Gasteiger partial charge in [-0.15, -0.1) is 0 Å². The molecule has 1 aromatic rings. The molecule has 0 saturated carbocycles. The number of carbonyl (C=O) groups is 2. The van der Waals surface area contributed by atoms with E-state index in [1.54, 1.807) is 37.8 Å². The lowest BCUT2D eigenvalue weighted by Gasteiger charge is -2.21. The van der Waals surface area contributed by atoms with E-state index in [4.69, 9.17) is 0 Å². The molecule has 156 valence electrons. The van der Waals surface area contributed by atoms with Crippen LogP contribution >= 0.6 is 0 Å². The van der Waals surface area contributed by atoms with Gasteiger partial charge in [-0.25, -0.2) is 8.42 Å². The third kappa shape index (κ3) is 4.91. The van der Waals surface area contributed by atoms with Crippen molar-refractivity contribution in [1.82, 2.24) is 9.21 Å². The van der Waals surface area contributed by atoms with Gasteiger partial charge in [0.2, 0.25) is 21.8 Å². The van der Waals surface area contributed by atoms with Crippen LogP contribution in [0.2, 0.25) is 0 Å². The van der Waals surface area contributed by atoms with Crippen LogP contribution in [-0.4, -0.2) is 55.6 Å². The number of hydrogen-bond acceptors (Lipinski definition) is 4. The second-order valence-electron chi connectivity index (χ2n) is 7.65. The maximum atomic E-state index is 12.9. The average Bonchev–Trinajstić information content (AvgIpc) is 2.97. The molecule has 1 aliphatic rings. The van der Waals surface area contributed by atoms with Crippen molar-refractivity contribution in [2.45, 2.75) is 45.9 Å². The Hall–Kier alpha value is -1.93. The van der Waals surface area contributed by atoms with E-state index < -0.39 is 15.9 Å². The van der Waals surface area contributed by atoms with Crippen LogP contribution in [0.15, 0.2) is 23.1 Å². The molecule has 1 atom stereocenters. The van der Waals surface area contributed by atoms with E-state index in [1.807, 2.05) is 13.8 Å². The normalized spacial score (nSPS) is 17.6. The molecule has 0 aromatic heterocycles. The summed E-state index contributed by atoms with van der Waals surface area (Å²) < 4.78 is 27.1. The van der Waals surface area contributed by atoms with Crippen LogP contribution in [0.25, 0.3) is 0 Å². The second-order valence-corrected chi connectivity index (χ2v) is 9.56. The smallest absolute Gasteiger partial charge is 0.243 e. The Labute approximate surface area is 168 Å². The third-order valence-electron chi connectivity index (χ3n) is 4.95. The Morgan fingerprint density at radius 2 is 1.93 bits per heavy atom. The fraction of sp³-hybridized carbons (Fsp3) is 0.600. The van der Waals surface area contributed by atoms with Gasteiger partial charge in [-0.3, -0.25) is 9.59 Å². The first kappa shape index (κ1) is 22.4. The molecule has 0 aliphatic carbocycles. The van der Waals surface area contributed by atoms with Crippen LogP contribution in [0.5, 0.6) is 0 Å². The minimum Gasteiger partial charge on any atom is -0.342 e. The molecule has 1 aliphatic heterocycles. The number of hydrogen-bond donors (Lipinski definition) is 1. The molecule has 1 aromatic carbocycles. The summed E-state index contributed by atoms with van der Waals surface area (Å²) in [6.45, 7) is 11.2. The quantitative estimate of drug-likeness (QED) is 0.715. The SMILES string of the molecule is CCN(CC)S(=O)(=O)c1cc(NC(=O)C2CC(=O)N(CC(C)C)C2)ccc1C. The zero-order chi connectivity index (χ0) is 21.1. The minimum atomic E-state index is -3.62. The molecule has 1 unspecified atom stereocenters. The predicted octanol–water partition coefficient (Wildman–Crippen LogP) is 2.47. The molecular weight excluding hydrogens is 378 g/mol. The first-order valence-corrected chi connectivity index (χ1v) is 11.2. The molecule has 1 saturated heterocycles. The Morgan fingerprint density at radius 1 is 1.29 bits per heavy atom. The standard InChI is InChI=1S/C20H31N3O4S/c1-6-23(7-2)28(26,27)18-11-17(9-8-15(18)5)21-20(25)16-10-19(24)22(13-16)12-14(3)4/h8-9,11,14,16H,6-7,10,12-13H2,1-5H3,(H,21,25). The predicted molar refractivity (Wildman–Crippen MR) is 109 cm³/mol. The molecule has 8 heteroatoms. The van der Waals surface area contributed by atoms with E-state index in [9.17, 15) is 18.0 Å². The fourth-order valence-electron chi connectivity index (χ4n) is 3.47. The van der Waals surface area contributed by atoms with Crippen molar-refractivity contribution in [2.24, 2.45) is 11.8 Å². The molecule has 1 N–H and O–H groups in total. The van der Waals surface area contributed by atoms with E-state index in [1.165, 1.54) is 10.4 Å². The van der Waals surface area contributed by atoms with Crippen LogP contribution in [0.1, 0.15) is 39.7 Å². The fourth-order valence-corrected chi connectivity index (χ4v) is 5.18. The van der Waals surface area contributed by atoms with E-state index in [0.717, 1.165) is 0 Å². The first-order valence-electron chi connectivity index (χ1n) is 9.79. The minimum absolute atomic E-state index is 0.0115. The summed E-state index contributed by atoms with van der Waals surface area (Å²) >= 11 is 0. The Morgan fingerprint density at radius 3 is 2.50 bits per heavy atom. The third-order valence-corrected chi connectivity index (χ3v) is 7.14. The topological polar surface area (TPSA) is 86.8 Å². The summed E-state index contributed by atoms with van der Waals surface area (Å²) in [4.78, 5) is 26.7. The summed E-state index contributed by atoms with van der Waals surface area (Å²) in [6.07, 6.45) is 0.190. The van der Waals surface area contributed by atoms with Crippen molar-refractivity contribution in [1.29, 1.82) is 0 Å². The van der Waals surface area contributed by atoms with Crippen LogP contribution < -0.4 is 5.32 Å². The van der Waals surface area contributed by atoms with Gasteiger partial charge < -0.3 is 10.2 Å². The monoisotopic (exact) mass is 409 g/mol. The Bertz CT molecular complexity index is 832. The van der Waals surface area contributed by atoms with Crippen molar-refractivity contribution in [3.8, 4) is 0 Å². The van der Waals surface area contributed by atoms with E-state index >= 15 is 0 Å². The van der Waals surface area contributed by atoms with Crippen molar-refractivity contribution in [3.05, 3.63) is 23.8 Å². The highest BCUT2D eigenvalue weighted by molar-refractivity contribution is 7.89. The lowest BCUT2D eigenvalue weighted by molar-refractivity contribution is -0.128. The molecule has 0 spiro atoms. The lowest BCUT2D eigenvalue weighted by atomic mass is 10.1. The zero-order valence-electron chi connectivity index (χ0n) is 17.4. The summed E-state index contributed by atoms with van der Waals surface area (Å²) in [5, 5.41) is 2.79. The van der Waals surface area contributed by atoms with Gasteiger partial charge in [-0.2, -0.15) is 4.31 Å². The molecule has 0 radical (unpaired) electrons. The van der Waals surface area contributed by atoms with Crippen LogP contribution in [0.3, 0.4) is 0 Å². The van der Waals surface area contributed by atoms with E-state index in [2.05, 4.69) is 5.32 Å². The van der Waals surface area contributed by atoms with Crippen LogP contribution in [-0.2, 0) is 19.6 Å². The van der Waals surface area contributed by atoms with Gasteiger partial charge in [-0.05, 0) is 30.5 Å². The molecule has 1 heterocycles. The molecule has 0 bridgehead atoms. The van der Waals surface area contributed by atoms with Gasteiger partial charge in [0.25, 0.3) is 0 Å². The largest absolute Gasteiger partial charge is 0.342 e.